The summed E-state index contributed by atoms with van der Waals surface area (Å²) in [6.45, 7) is -0.119. The second-order valence-corrected chi connectivity index (χ2v) is 7.93. The molecule has 38 heavy (non-hydrogen) atoms. The Kier molecular flexibility index (Phi) is 14.7. The fraction of sp³-hybridized carbons (Fsp3) is 0.346. The van der Waals surface area contributed by atoms with Gasteiger partial charge in [0, 0.05) is 13.0 Å². The Balaban J connectivity index is 0.00000229. The molecule has 0 aliphatic carbocycles. The molecule has 0 radical (unpaired) electrons. The smallest absolute Gasteiger partial charge is 0.373 e. The number of halogens is 1. The van der Waals surface area contributed by atoms with Crippen LogP contribution in [0.15, 0.2) is 48.5 Å². The normalized spacial score (nSPS) is 10.7. The number of benzene rings is 2. The van der Waals surface area contributed by atoms with Gasteiger partial charge in [0.1, 0.15) is 11.8 Å². The van der Waals surface area contributed by atoms with Crippen molar-refractivity contribution in [2.45, 2.75) is 44.6 Å². The third-order valence-corrected chi connectivity index (χ3v) is 5.12. The highest BCUT2D eigenvalue weighted by atomic mass is 19.1. The van der Waals surface area contributed by atoms with Crippen molar-refractivity contribution in [1.29, 1.82) is 0 Å². The number of urea groups is 1. The molecule has 0 aliphatic heterocycles. The number of unbranched alkanes of at least 4 members (excludes halogenated alkanes) is 1. The number of hydrogen-bond acceptors (Lipinski definition) is 7. The molecule has 2 aromatic rings. The maximum absolute atomic E-state index is 12.3. The topological polar surface area (TPSA) is 176 Å². The van der Waals surface area contributed by atoms with Crippen LogP contribution >= 0.6 is 0 Å². The van der Waals surface area contributed by atoms with E-state index in [0.717, 1.165) is 24.0 Å². The van der Waals surface area contributed by atoms with Gasteiger partial charge in [-0.2, -0.15) is 9.59 Å². The van der Waals surface area contributed by atoms with E-state index in [2.05, 4.69) is 10.6 Å². The van der Waals surface area contributed by atoms with Gasteiger partial charge in [-0.15, -0.1) is 0 Å². The maximum atomic E-state index is 12.3. The minimum atomic E-state index is -1.31. The molecule has 0 unspecified atom stereocenters. The molecule has 0 aromatic heterocycles. The largest absolute Gasteiger partial charge is 0.481 e. The van der Waals surface area contributed by atoms with Crippen LogP contribution in [0.2, 0.25) is 0 Å². The summed E-state index contributed by atoms with van der Waals surface area (Å²) < 4.78 is 17.6. The molecule has 0 saturated heterocycles. The van der Waals surface area contributed by atoms with Gasteiger partial charge >= 0.3 is 30.1 Å². The number of hydrogen-bond donors (Lipinski definition) is 4. The molecule has 0 heterocycles. The molecule has 2 rings (SSSR count). The number of carboxylic acid groups (broad SMARTS) is 2. The number of carbonyl (C=O) groups excluding carboxylic acids is 4. The monoisotopic (exact) mass is 532 g/mol. The number of alkyl halides is 1. The lowest BCUT2D eigenvalue weighted by Crippen LogP contribution is -2.46. The maximum Gasteiger partial charge on any atom is 0.373 e. The number of aryl methyl sites for hydroxylation is 1. The van der Waals surface area contributed by atoms with Gasteiger partial charge in [0.15, 0.2) is 0 Å². The van der Waals surface area contributed by atoms with Gasteiger partial charge in [0.05, 0.1) is 12.2 Å². The van der Waals surface area contributed by atoms with Crippen molar-refractivity contribution < 1.29 is 48.1 Å². The fourth-order valence-corrected chi connectivity index (χ4v) is 3.18. The molecular weight excluding hydrogens is 503 g/mol. The van der Waals surface area contributed by atoms with Crippen LogP contribution in [0.4, 0.5) is 9.18 Å². The molecule has 0 bridgehead atoms. The minimum Gasteiger partial charge on any atom is -0.481 e. The van der Waals surface area contributed by atoms with Gasteiger partial charge in [0.25, 0.3) is 0 Å². The molecule has 0 spiro atoms. The van der Waals surface area contributed by atoms with Crippen LogP contribution in [-0.2, 0) is 32.0 Å². The highest BCUT2D eigenvalue weighted by Crippen LogP contribution is 2.16. The van der Waals surface area contributed by atoms with E-state index in [4.69, 9.17) is 24.5 Å². The zero-order chi connectivity index (χ0) is 28.3. The number of ether oxygens (including phenoxy) is 1. The Morgan fingerprint density at radius 2 is 1.47 bits per heavy atom. The van der Waals surface area contributed by atoms with Gasteiger partial charge in [0.2, 0.25) is 0 Å². The Hall–Kier alpha value is -4.57. The van der Waals surface area contributed by atoms with Crippen molar-refractivity contribution in [2.75, 3.05) is 13.2 Å². The summed E-state index contributed by atoms with van der Waals surface area (Å²) >= 11 is 0. The Bertz CT molecular complexity index is 1080. The fourth-order valence-electron chi connectivity index (χ4n) is 3.18. The summed E-state index contributed by atoms with van der Waals surface area (Å²) in [5.41, 5.74) is 2.28. The van der Waals surface area contributed by atoms with Gasteiger partial charge < -0.3 is 25.6 Å². The zero-order valence-electron chi connectivity index (χ0n) is 20.5. The molecule has 11 nitrogen and oxygen atoms in total. The number of carbonyl (C=O) groups is 4. The standard InChI is InChI=1S/C25H29FN2O7.CO2/c26-15-2-1-3-17-4-8-19(9-5-17)24(33)35-20-10-6-18(7-11-20)14-16-27-25(34)28-21(23(31)32)12-13-22(29)30;2-1-3/h4-11,21H,1-3,12-16H2,(H,29,30)(H,31,32)(H2,27,28,34);/t21-;/m0./s1. The first-order valence-corrected chi connectivity index (χ1v) is 11.6. The number of rotatable bonds is 14. The second kappa shape index (κ2) is 17.8. The first kappa shape index (κ1) is 31.5. The van der Waals surface area contributed by atoms with E-state index >= 15 is 0 Å². The number of aliphatic carboxylic acids is 2. The van der Waals surface area contributed by atoms with Crippen LogP contribution in [0.5, 0.6) is 5.75 Å². The van der Waals surface area contributed by atoms with E-state index in [1.165, 1.54) is 0 Å². The first-order valence-electron chi connectivity index (χ1n) is 11.6. The lowest BCUT2D eigenvalue weighted by molar-refractivity contribution is -0.191. The van der Waals surface area contributed by atoms with E-state index < -0.39 is 30.0 Å². The summed E-state index contributed by atoms with van der Waals surface area (Å²) in [6.07, 6.45) is 2.12. The molecule has 2 aromatic carbocycles. The minimum absolute atomic E-state index is 0.216. The molecule has 4 N–H and O–H groups in total. The first-order chi connectivity index (χ1) is 18.2. The SMILES string of the molecule is O=C(O)CC[C@H](NC(=O)NCCc1ccc(OC(=O)c2ccc(CCCCF)cc2)cc1)C(=O)O.O=C=O. The van der Waals surface area contributed by atoms with E-state index in [1.54, 1.807) is 36.4 Å². The number of amides is 2. The molecule has 0 fully saturated rings. The third-order valence-electron chi connectivity index (χ3n) is 5.12. The molecule has 0 aliphatic rings. The zero-order valence-corrected chi connectivity index (χ0v) is 20.5. The number of carboxylic acids is 2. The van der Waals surface area contributed by atoms with E-state index in [9.17, 15) is 23.6 Å². The van der Waals surface area contributed by atoms with Crippen molar-refractivity contribution in [2.24, 2.45) is 0 Å². The van der Waals surface area contributed by atoms with E-state index in [1.807, 2.05) is 12.1 Å². The second-order valence-electron chi connectivity index (χ2n) is 7.93. The van der Waals surface area contributed by atoms with Crippen molar-refractivity contribution in [3.8, 4) is 5.75 Å². The van der Waals surface area contributed by atoms with Gasteiger partial charge in [-0.05, 0) is 67.5 Å². The number of nitrogens with one attached hydrogen (secondary N) is 2. The van der Waals surface area contributed by atoms with Gasteiger partial charge in [-0.25, -0.2) is 14.4 Å². The molecule has 204 valence electrons. The van der Waals surface area contributed by atoms with Gasteiger partial charge in [-0.1, -0.05) is 24.3 Å². The molecular formula is C26H29FN2O9. The highest BCUT2D eigenvalue weighted by molar-refractivity contribution is 5.91. The number of esters is 1. The average Bonchev–Trinajstić information content (AvgIpc) is 2.88. The van der Waals surface area contributed by atoms with Crippen molar-refractivity contribution in [1.82, 2.24) is 10.6 Å². The summed E-state index contributed by atoms with van der Waals surface area (Å²) in [6, 6.07) is 11.7. The predicted octanol–water partition coefficient (Wildman–Crippen LogP) is 2.77. The lowest BCUT2D eigenvalue weighted by Gasteiger charge is -2.14. The summed E-state index contributed by atoms with van der Waals surface area (Å²) in [5, 5.41) is 22.5. The lowest BCUT2D eigenvalue weighted by atomic mass is 10.1. The van der Waals surface area contributed by atoms with E-state index in [-0.39, 0.29) is 32.2 Å². The van der Waals surface area contributed by atoms with Crippen LogP contribution in [0, 0.1) is 0 Å². The van der Waals surface area contributed by atoms with Crippen LogP contribution in [0.1, 0.15) is 47.2 Å². The highest BCUT2D eigenvalue weighted by Gasteiger charge is 2.20. The molecule has 2 amide bonds. The predicted molar refractivity (Wildman–Crippen MR) is 130 cm³/mol. The molecule has 12 heteroatoms. The van der Waals surface area contributed by atoms with Crippen molar-refractivity contribution in [3.05, 3.63) is 65.2 Å². The summed E-state index contributed by atoms with van der Waals surface area (Å²) in [7, 11) is 0. The van der Waals surface area contributed by atoms with Crippen LogP contribution in [-0.4, -0.2) is 59.6 Å². The Labute approximate surface area is 218 Å². The van der Waals surface area contributed by atoms with Crippen molar-refractivity contribution in [3.63, 3.8) is 0 Å². The quantitative estimate of drug-likeness (QED) is 0.162. The average molecular weight is 533 g/mol. The molecule has 1 atom stereocenters. The van der Waals surface area contributed by atoms with Crippen LogP contribution in [0.25, 0.3) is 0 Å². The van der Waals surface area contributed by atoms with E-state index in [0.29, 0.717) is 24.2 Å². The van der Waals surface area contributed by atoms with Crippen LogP contribution < -0.4 is 15.4 Å². The third kappa shape index (κ3) is 12.9. The molecule has 0 saturated carbocycles. The summed E-state index contributed by atoms with van der Waals surface area (Å²) in [4.78, 5) is 62.2. The summed E-state index contributed by atoms with van der Waals surface area (Å²) in [5.74, 6) is -2.59. The van der Waals surface area contributed by atoms with Crippen molar-refractivity contribution >= 4 is 30.1 Å². The Morgan fingerprint density at radius 1 is 0.895 bits per heavy atom. The van der Waals surface area contributed by atoms with Gasteiger partial charge in [-0.3, -0.25) is 9.18 Å². The Morgan fingerprint density at radius 3 is 2.03 bits per heavy atom. The van der Waals surface area contributed by atoms with Crippen LogP contribution in [0.3, 0.4) is 0 Å².